The largest absolute Gasteiger partial charge is 0.506 e. The highest BCUT2D eigenvalue weighted by Crippen LogP contribution is 2.35. The molecule has 0 radical (unpaired) electrons. The normalized spacial score (nSPS) is 12.0. The van der Waals surface area contributed by atoms with Crippen molar-refractivity contribution in [2.45, 2.75) is 0 Å². The second-order valence-corrected chi connectivity index (χ2v) is 4.59. The molecule has 3 nitrogen and oxygen atoms in total. The number of nitrogens with zero attached hydrogens (tertiary/aromatic N) is 1. The predicted octanol–water partition coefficient (Wildman–Crippen LogP) is 4.65. The molecule has 3 aromatic rings. The summed E-state index contributed by atoms with van der Waals surface area (Å²) in [5.74, 6) is -0.661. The van der Waals surface area contributed by atoms with Crippen LogP contribution in [0.5, 0.6) is 5.75 Å². The maximum atomic E-state index is 14.2. The highest BCUT2D eigenvalue weighted by atomic mass is 35.5. The molecule has 2 aromatic carbocycles. The lowest BCUT2D eigenvalue weighted by molar-refractivity contribution is 0.445. The predicted molar refractivity (Wildman–Crippen MR) is 76.1 cm³/mol. The third kappa shape index (κ3) is 2.14. The van der Waals surface area contributed by atoms with Crippen LogP contribution in [0.25, 0.3) is 22.9 Å². The number of benzene rings is 2. The van der Waals surface area contributed by atoms with E-state index in [2.05, 4.69) is 5.16 Å². The number of rotatable bonds is 2. The number of aromatic hydroxyl groups is 1. The van der Waals surface area contributed by atoms with Crippen molar-refractivity contribution in [3.05, 3.63) is 58.7 Å². The van der Waals surface area contributed by atoms with Crippen LogP contribution < -0.4 is 0 Å². The molecule has 1 N–H and O–H groups in total. The lowest BCUT2D eigenvalue weighted by atomic mass is 10.1. The zero-order valence-electron chi connectivity index (χ0n) is 10.2. The van der Waals surface area contributed by atoms with Gasteiger partial charge in [-0.1, -0.05) is 47.1 Å². The van der Waals surface area contributed by atoms with Gasteiger partial charge in [0.25, 0.3) is 0 Å². The van der Waals surface area contributed by atoms with Gasteiger partial charge < -0.3 is 9.63 Å². The molecule has 0 saturated carbocycles. The molecular formula is C15H9ClFNO2. The van der Waals surface area contributed by atoms with Gasteiger partial charge in [0.2, 0.25) is 0 Å². The highest BCUT2D eigenvalue weighted by molar-refractivity contribution is 6.36. The average molecular weight is 290 g/mol. The summed E-state index contributed by atoms with van der Waals surface area (Å²) in [5, 5.41) is 13.6. The zero-order chi connectivity index (χ0) is 14.1. The molecule has 0 unspecified atom stereocenters. The summed E-state index contributed by atoms with van der Waals surface area (Å²) in [4.78, 5) is 0. The van der Waals surface area contributed by atoms with E-state index in [-0.39, 0.29) is 22.0 Å². The summed E-state index contributed by atoms with van der Waals surface area (Å²) >= 11 is 5.88. The molecule has 0 bridgehead atoms. The third-order valence-electron chi connectivity index (χ3n) is 2.88. The van der Waals surface area contributed by atoms with Crippen LogP contribution >= 0.6 is 11.6 Å². The second kappa shape index (κ2) is 4.98. The fourth-order valence-corrected chi connectivity index (χ4v) is 2.10. The van der Waals surface area contributed by atoms with E-state index < -0.39 is 5.83 Å². The van der Waals surface area contributed by atoms with Crippen molar-refractivity contribution in [3.8, 4) is 5.75 Å². The van der Waals surface area contributed by atoms with Gasteiger partial charge in [-0.25, -0.2) is 4.39 Å². The Morgan fingerprint density at radius 1 is 1.20 bits per heavy atom. The lowest BCUT2D eigenvalue weighted by Crippen LogP contribution is -1.80. The van der Waals surface area contributed by atoms with Crippen LogP contribution in [-0.2, 0) is 0 Å². The molecule has 0 spiro atoms. The topological polar surface area (TPSA) is 46.3 Å². The number of aromatic nitrogens is 1. The molecule has 5 heteroatoms. The van der Waals surface area contributed by atoms with Crippen LogP contribution in [-0.4, -0.2) is 10.3 Å². The molecule has 0 aliphatic rings. The first-order valence-corrected chi connectivity index (χ1v) is 6.24. The average Bonchev–Trinajstić information content (AvgIpc) is 2.89. The van der Waals surface area contributed by atoms with E-state index in [1.807, 2.05) is 18.2 Å². The number of phenols is 1. The fourth-order valence-electron chi connectivity index (χ4n) is 1.90. The summed E-state index contributed by atoms with van der Waals surface area (Å²) in [6.07, 6.45) is 1.36. The quantitative estimate of drug-likeness (QED) is 0.746. The standard InChI is InChI=1S/C15H9ClFNO2/c16-13-12(19)7-6-10-14(18-20-15(10)13)11(17)8-9-4-2-1-3-5-9/h1-8,19H/b11-8+. The van der Waals surface area contributed by atoms with Gasteiger partial charge in [-0.2, -0.15) is 0 Å². The summed E-state index contributed by atoms with van der Waals surface area (Å²) in [5.41, 5.74) is 0.940. The Balaban J connectivity index is 2.11. The van der Waals surface area contributed by atoms with Crippen LogP contribution in [0.3, 0.4) is 0 Å². The Bertz CT molecular complexity index is 796. The Hall–Kier alpha value is -2.33. The summed E-state index contributed by atoms with van der Waals surface area (Å²) in [6, 6.07) is 11.9. The smallest absolute Gasteiger partial charge is 0.189 e. The maximum Gasteiger partial charge on any atom is 0.189 e. The van der Waals surface area contributed by atoms with Crippen LogP contribution in [0.2, 0.25) is 5.02 Å². The summed E-state index contributed by atoms with van der Waals surface area (Å²) < 4.78 is 19.2. The maximum absolute atomic E-state index is 14.2. The van der Waals surface area contributed by atoms with E-state index in [0.29, 0.717) is 10.9 Å². The van der Waals surface area contributed by atoms with Gasteiger partial charge in [0, 0.05) is 0 Å². The van der Waals surface area contributed by atoms with Gasteiger partial charge in [0.15, 0.2) is 11.4 Å². The van der Waals surface area contributed by atoms with Crippen molar-refractivity contribution in [1.29, 1.82) is 0 Å². The molecule has 3 rings (SSSR count). The minimum absolute atomic E-state index is 0.0220. The Morgan fingerprint density at radius 3 is 2.70 bits per heavy atom. The Morgan fingerprint density at radius 2 is 1.95 bits per heavy atom. The Kier molecular flexibility index (Phi) is 3.16. The van der Waals surface area contributed by atoms with Crippen molar-refractivity contribution >= 4 is 34.5 Å². The highest BCUT2D eigenvalue weighted by Gasteiger charge is 2.17. The van der Waals surface area contributed by atoms with Crippen molar-refractivity contribution in [2.24, 2.45) is 0 Å². The van der Waals surface area contributed by atoms with Crippen LogP contribution in [0.1, 0.15) is 11.3 Å². The molecule has 20 heavy (non-hydrogen) atoms. The van der Waals surface area contributed by atoms with E-state index in [4.69, 9.17) is 16.1 Å². The van der Waals surface area contributed by atoms with Crippen LogP contribution in [0.4, 0.5) is 4.39 Å². The molecule has 0 aliphatic heterocycles. The van der Waals surface area contributed by atoms with Gasteiger partial charge >= 0.3 is 0 Å². The van der Waals surface area contributed by atoms with Gasteiger partial charge in [-0.15, -0.1) is 0 Å². The van der Waals surface area contributed by atoms with E-state index in [1.54, 1.807) is 12.1 Å². The van der Waals surface area contributed by atoms with Gasteiger partial charge in [0.05, 0.1) is 5.39 Å². The fraction of sp³-hybridized carbons (Fsp3) is 0. The number of hydrogen-bond donors (Lipinski definition) is 1. The van der Waals surface area contributed by atoms with E-state index in [0.717, 1.165) is 0 Å². The third-order valence-corrected chi connectivity index (χ3v) is 3.24. The molecule has 1 aromatic heterocycles. The molecule has 100 valence electrons. The number of hydrogen-bond acceptors (Lipinski definition) is 3. The van der Waals surface area contributed by atoms with Crippen molar-refractivity contribution in [3.63, 3.8) is 0 Å². The molecule has 1 heterocycles. The minimum Gasteiger partial charge on any atom is -0.506 e. The Labute approximate surface area is 118 Å². The van der Waals surface area contributed by atoms with Crippen molar-refractivity contribution in [1.82, 2.24) is 5.16 Å². The van der Waals surface area contributed by atoms with E-state index in [1.165, 1.54) is 18.2 Å². The summed E-state index contributed by atoms with van der Waals surface area (Å²) in [7, 11) is 0. The van der Waals surface area contributed by atoms with E-state index >= 15 is 0 Å². The SMILES string of the molecule is Oc1ccc2c(/C(F)=C\c3ccccc3)noc2c1Cl. The van der Waals surface area contributed by atoms with Crippen LogP contribution in [0, 0.1) is 0 Å². The minimum atomic E-state index is -0.531. The number of phenolic OH excluding ortho intramolecular Hbond substituents is 1. The molecular weight excluding hydrogens is 281 g/mol. The van der Waals surface area contributed by atoms with Crippen molar-refractivity contribution < 1.29 is 14.0 Å². The number of halogens is 2. The first-order valence-electron chi connectivity index (χ1n) is 5.86. The van der Waals surface area contributed by atoms with Gasteiger partial charge in [0.1, 0.15) is 16.5 Å². The van der Waals surface area contributed by atoms with E-state index in [9.17, 15) is 9.50 Å². The van der Waals surface area contributed by atoms with Crippen molar-refractivity contribution in [2.75, 3.05) is 0 Å². The molecule has 0 amide bonds. The lowest BCUT2D eigenvalue weighted by Gasteiger charge is -1.97. The second-order valence-electron chi connectivity index (χ2n) is 4.21. The molecule has 0 atom stereocenters. The first kappa shape index (κ1) is 12.7. The monoisotopic (exact) mass is 289 g/mol. The van der Waals surface area contributed by atoms with Gasteiger partial charge in [-0.3, -0.25) is 0 Å². The first-order chi connectivity index (χ1) is 9.66. The summed E-state index contributed by atoms with van der Waals surface area (Å²) in [6.45, 7) is 0. The zero-order valence-corrected chi connectivity index (χ0v) is 10.9. The number of fused-ring (bicyclic) bond motifs is 1. The molecule has 0 aliphatic carbocycles. The van der Waals surface area contributed by atoms with Gasteiger partial charge in [-0.05, 0) is 23.8 Å². The van der Waals surface area contributed by atoms with Crippen LogP contribution in [0.15, 0.2) is 47.0 Å². The molecule has 0 fully saturated rings. The molecule has 0 saturated heterocycles.